The van der Waals surface area contributed by atoms with Gasteiger partial charge in [0.05, 0.1) is 10.6 Å². The quantitative estimate of drug-likeness (QED) is 0.575. The molecule has 1 heterocycles. The van der Waals surface area contributed by atoms with Crippen LogP contribution < -0.4 is 0 Å². The van der Waals surface area contributed by atoms with E-state index in [-0.39, 0.29) is 0 Å². The zero-order valence-electron chi connectivity index (χ0n) is 13.4. The van der Waals surface area contributed by atoms with Crippen molar-refractivity contribution in [1.29, 1.82) is 0 Å². The summed E-state index contributed by atoms with van der Waals surface area (Å²) in [6.07, 6.45) is 0.750. The van der Waals surface area contributed by atoms with Gasteiger partial charge in [-0.3, -0.25) is 4.79 Å². The molecule has 0 fully saturated rings. The van der Waals surface area contributed by atoms with Crippen molar-refractivity contribution in [3.63, 3.8) is 0 Å². The van der Waals surface area contributed by atoms with Crippen LogP contribution in [0.3, 0.4) is 0 Å². The number of rotatable bonds is 5. The highest BCUT2D eigenvalue weighted by atomic mass is 35.5. The molecule has 0 amide bonds. The Labute approximate surface area is 136 Å². The molecule has 1 aromatic carbocycles. The van der Waals surface area contributed by atoms with Crippen LogP contribution in [0, 0.1) is 0 Å². The van der Waals surface area contributed by atoms with E-state index in [1.807, 2.05) is 32.0 Å². The Morgan fingerprint density at radius 1 is 1.27 bits per heavy atom. The SMILES string of the molecule is CC(C)(O[Si](C)(C)C)c1onc(-c2ccccc2Cl)c1C=O. The largest absolute Gasteiger partial charge is 0.405 e. The lowest BCUT2D eigenvalue weighted by Gasteiger charge is -2.31. The summed E-state index contributed by atoms with van der Waals surface area (Å²) in [5.41, 5.74) is 0.775. The van der Waals surface area contributed by atoms with E-state index in [4.69, 9.17) is 20.6 Å². The maximum atomic E-state index is 11.6. The predicted octanol–water partition coefficient (Wildman–Crippen LogP) is 4.89. The van der Waals surface area contributed by atoms with E-state index in [1.54, 1.807) is 6.07 Å². The molecule has 0 saturated heterocycles. The summed E-state index contributed by atoms with van der Waals surface area (Å²) in [5.74, 6) is 0.430. The molecule has 22 heavy (non-hydrogen) atoms. The Morgan fingerprint density at radius 2 is 1.91 bits per heavy atom. The molecule has 4 nitrogen and oxygen atoms in total. The highest BCUT2D eigenvalue weighted by Gasteiger charge is 2.36. The summed E-state index contributed by atoms with van der Waals surface area (Å²) in [6, 6.07) is 7.23. The first-order chi connectivity index (χ1) is 10.2. The molecule has 0 atom stereocenters. The van der Waals surface area contributed by atoms with Gasteiger partial charge in [0, 0.05) is 5.56 Å². The van der Waals surface area contributed by atoms with Gasteiger partial charge in [0.25, 0.3) is 0 Å². The molecule has 0 spiro atoms. The number of carbonyl (C=O) groups is 1. The Kier molecular flexibility index (Phi) is 4.61. The zero-order valence-corrected chi connectivity index (χ0v) is 15.2. The third-order valence-corrected chi connectivity index (χ3v) is 4.54. The zero-order chi connectivity index (χ0) is 16.5. The van der Waals surface area contributed by atoms with Gasteiger partial charge in [-0.2, -0.15) is 0 Å². The van der Waals surface area contributed by atoms with E-state index in [0.717, 1.165) is 6.29 Å². The fraction of sp³-hybridized carbons (Fsp3) is 0.375. The number of nitrogens with zero attached hydrogens (tertiary/aromatic N) is 1. The molecule has 0 bridgehead atoms. The molecule has 2 aromatic rings. The lowest BCUT2D eigenvalue weighted by molar-refractivity contribution is 0.0655. The third-order valence-electron chi connectivity index (χ3n) is 3.08. The van der Waals surface area contributed by atoms with Gasteiger partial charge >= 0.3 is 0 Å². The summed E-state index contributed by atoms with van der Waals surface area (Å²) in [6.45, 7) is 10.0. The van der Waals surface area contributed by atoms with Crippen molar-refractivity contribution in [1.82, 2.24) is 5.16 Å². The van der Waals surface area contributed by atoms with Gasteiger partial charge < -0.3 is 8.95 Å². The van der Waals surface area contributed by atoms with Gasteiger partial charge in [-0.25, -0.2) is 0 Å². The third kappa shape index (κ3) is 3.48. The van der Waals surface area contributed by atoms with Crippen LogP contribution >= 0.6 is 11.6 Å². The minimum Gasteiger partial charge on any atom is -0.405 e. The van der Waals surface area contributed by atoms with Crippen LogP contribution in [0.4, 0.5) is 0 Å². The molecule has 0 aliphatic heterocycles. The molecule has 6 heteroatoms. The molecule has 0 aliphatic rings. The van der Waals surface area contributed by atoms with Crippen molar-refractivity contribution in [2.45, 2.75) is 39.1 Å². The molecule has 0 radical (unpaired) electrons. The van der Waals surface area contributed by atoms with Crippen LogP contribution in [0.25, 0.3) is 11.3 Å². The normalized spacial score (nSPS) is 12.5. The van der Waals surface area contributed by atoms with Crippen LogP contribution in [-0.2, 0) is 10.0 Å². The highest BCUT2D eigenvalue weighted by molar-refractivity contribution is 6.69. The molecule has 0 aliphatic carbocycles. The Hall–Kier alpha value is -1.43. The molecule has 0 saturated carbocycles. The maximum absolute atomic E-state index is 11.6. The van der Waals surface area contributed by atoms with E-state index < -0.39 is 13.9 Å². The van der Waals surface area contributed by atoms with Crippen LogP contribution in [0.5, 0.6) is 0 Å². The van der Waals surface area contributed by atoms with Crippen molar-refractivity contribution in [3.05, 3.63) is 40.6 Å². The molecule has 2 rings (SSSR count). The van der Waals surface area contributed by atoms with Gasteiger partial charge in [-0.05, 0) is 39.6 Å². The second-order valence-corrected chi connectivity index (χ2v) is 11.4. The summed E-state index contributed by atoms with van der Waals surface area (Å²) in [7, 11) is -1.82. The van der Waals surface area contributed by atoms with Gasteiger partial charge in [0.15, 0.2) is 20.4 Å². The van der Waals surface area contributed by atoms with E-state index in [2.05, 4.69) is 24.8 Å². The van der Waals surface area contributed by atoms with Crippen LogP contribution in [-0.4, -0.2) is 19.8 Å². The molecule has 118 valence electrons. The van der Waals surface area contributed by atoms with Crippen LogP contribution in [0.15, 0.2) is 28.8 Å². The summed E-state index contributed by atoms with van der Waals surface area (Å²) in [4.78, 5) is 11.6. The average molecular weight is 338 g/mol. The Balaban J connectivity index is 2.53. The van der Waals surface area contributed by atoms with Gasteiger partial charge in [0.1, 0.15) is 11.3 Å². The molecule has 0 N–H and O–H groups in total. The van der Waals surface area contributed by atoms with E-state index in [9.17, 15) is 4.79 Å². The van der Waals surface area contributed by atoms with Crippen molar-refractivity contribution in [2.24, 2.45) is 0 Å². The predicted molar refractivity (Wildman–Crippen MR) is 89.8 cm³/mol. The topological polar surface area (TPSA) is 52.3 Å². The number of aromatic nitrogens is 1. The average Bonchev–Trinajstić information content (AvgIpc) is 2.80. The lowest BCUT2D eigenvalue weighted by atomic mass is 9.99. The van der Waals surface area contributed by atoms with Crippen molar-refractivity contribution in [2.75, 3.05) is 0 Å². The summed E-state index contributed by atoms with van der Waals surface area (Å²) >= 11 is 6.20. The molecular weight excluding hydrogens is 318 g/mol. The van der Waals surface area contributed by atoms with Gasteiger partial charge in [-0.1, -0.05) is 35.0 Å². The Bertz CT molecular complexity index is 689. The molecular formula is C16H20ClNO3Si. The first kappa shape index (κ1) is 16.9. The van der Waals surface area contributed by atoms with Crippen molar-refractivity contribution < 1.29 is 13.7 Å². The standard InChI is InChI=1S/C16H20ClNO3Si/c1-16(2,21-22(3,4)5)15-12(10-19)14(18-20-15)11-8-6-7-9-13(11)17/h6-10H,1-5H3. The second kappa shape index (κ2) is 5.99. The summed E-state index contributed by atoms with van der Waals surface area (Å²) in [5, 5.41) is 4.58. The van der Waals surface area contributed by atoms with Crippen LogP contribution in [0.2, 0.25) is 24.7 Å². The fourth-order valence-electron chi connectivity index (χ4n) is 2.50. The monoisotopic (exact) mass is 337 g/mol. The number of halogens is 1. The van der Waals surface area contributed by atoms with Gasteiger partial charge in [0.2, 0.25) is 0 Å². The number of hydrogen-bond acceptors (Lipinski definition) is 4. The maximum Gasteiger partial charge on any atom is 0.185 e. The van der Waals surface area contributed by atoms with Gasteiger partial charge in [-0.15, -0.1) is 0 Å². The van der Waals surface area contributed by atoms with Crippen molar-refractivity contribution >= 4 is 26.2 Å². The van der Waals surface area contributed by atoms with E-state index in [0.29, 0.717) is 27.6 Å². The molecule has 1 aromatic heterocycles. The smallest absolute Gasteiger partial charge is 0.185 e. The van der Waals surface area contributed by atoms with E-state index >= 15 is 0 Å². The fourth-order valence-corrected chi connectivity index (χ4v) is 4.35. The minimum absolute atomic E-state index is 0.386. The minimum atomic E-state index is -1.82. The number of aldehydes is 1. The number of hydrogen-bond donors (Lipinski definition) is 0. The first-order valence-corrected chi connectivity index (χ1v) is 10.8. The van der Waals surface area contributed by atoms with E-state index in [1.165, 1.54) is 0 Å². The Morgan fingerprint density at radius 3 is 2.45 bits per heavy atom. The highest BCUT2D eigenvalue weighted by Crippen LogP contribution is 2.36. The molecule has 0 unspecified atom stereocenters. The first-order valence-electron chi connectivity index (χ1n) is 7.06. The number of benzene rings is 1. The van der Waals surface area contributed by atoms with Crippen molar-refractivity contribution in [3.8, 4) is 11.3 Å². The lowest BCUT2D eigenvalue weighted by Crippen LogP contribution is -2.36. The number of carbonyl (C=O) groups excluding carboxylic acids is 1. The van der Waals surface area contributed by atoms with Crippen LogP contribution in [0.1, 0.15) is 30.0 Å². The summed E-state index contributed by atoms with van der Waals surface area (Å²) < 4.78 is 11.6. The second-order valence-electron chi connectivity index (χ2n) is 6.60.